The third-order valence-corrected chi connectivity index (χ3v) is 5.37. The molecule has 0 saturated carbocycles. The summed E-state index contributed by atoms with van der Waals surface area (Å²) in [6, 6.07) is 7.70. The number of hydrogen-bond donors (Lipinski definition) is 0. The Hall–Kier alpha value is -2.34. The van der Waals surface area contributed by atoms with Crippen LogP contribution in [0.4, 0.5) is 4.79 Å². The molecule has 0 bridgehead atoms. The molecule has 0 spiro atoms. The molecule has 0 aliphatic carbocycles. The summed E-state index contributed by atoms with van der Waals surface area (Å²) in [6.07, 6.45) is 4.32. The fraction of sp³-hybridized carbons (Fsp3) is 0.316. The van der Waals surface area contributed by atoms with E-state index in [9.17, 15) is 9.59 Å². The number of imide groups is 1. The molecule has 1 aliphatic heterocycles. The fourth-order valence-corrected chi connectivity index (χ4v) is 3.88. The predicted octanol–water partition coefficient (Wildman–Crippen LogP) is 4.32. The maximum absolute atomic E-state index is 12.6. The maximum Gasteiger partial charge on any atom is 0.293 e. The van der Waals surface area contributed by atoms with Crippen LogP contribution in [0.2, 0.25) is 0 Å². The Morgan fingerprint density at radius 3 is 2.68 bits per heavy atom. The molecule has 1 saturated heterocycles. The van der Waals surface area contributed by atoms with Gasteiger partial charge in [-0.05, 0) is 68.8 Å². The van der Waals surface area contributed by atoms with E-state index < -0.39 is 0 Å². The summed E-state index contributed by atoms with van der Waals surface area (Å²) in [6.45, 7) is 7.86. The molecule has 1 fully saturated rings. The van der Waals surface area contributed by atoms with Gasteiger partial charge >= 0.3 is 0 Å². The normalized spacial score (nSPS) is 17.6. The Balaban J connectivity index is 1.98. The number of carbonyl (C=O) groups is 2. The Bertz CT molecular complexity index is 855. The molecule has 0 radical (unpaired) electrons. The van der Waals surface area contributed by atoms with Crippen LogP contribution in [-0.4, -0.2) is 31.6 Å². The van der Waals surface area contributed by atoms with E-state index in [2.05, 4.69) is 4.98 Å². The van der Waals surface area contributed by atoms with Crippen molar-refractivity contribution in [2.75, 3.05) is 0 Å². The molecule has 130 valence electrons. The molecule has 1 atom stereocenters. The molecule has 0 N–H and O–H groups in total. The summed E-state index contributed by atoms with van der Waals surface area (Å²) in [5.74, 6) is 0.636. The first-order valence-electron chi connectivity index (χ1n) is 8.31. The quantitative estimate of drug-likeness (QED) is 0.766. The summed E-state index contributed by atoms with van der Waals surface area (Å²) in [5, 5.41) is -0.191. The van der Waals surface area contributed by atoms with Crippen molar-refractivity contribution in [1.82, 2.24) is 14.5 Å². The van der Waals surface area contributed by atoms with Crippen LogP contribution in [0, 0.1) is 13.8 Å². The zero-order valence-corrected chi connectivity index (χ0v) is 15.6. The SMILES string of the molecule is CCC(C)N1C(=O)S/C(=C/c2cc(C)n(-c3ccccn3)c2C)C1=O. The van der Waals surface area contributed by atoms with Gasteiger partial charge in [0.15, 0.2) is 0 Å². The van der Waals surface area contributed by atoms with Crippen molar-refractivity contribution in [3.63, 3.8) is 0 Å². The molecule has 6 heteroatoms. The fourth-order valence-electron chi connectivity index (χ4n) is 2.96. The van der Waals surface area contributed by atoms with E-state index in [-0.39, 0.29) is 17.2 Å². The summed E-state index contributed by atoms with van der Waals surface area (Å²) in [4.78, 5) is 31.0. The molecular weight excluding hydrogens is 334 g/mol. The number of aryl methyl sites for hydroxylation is 1. The molecule has 2 aromatic heterocycles. The number of amides is 2. The number of carbonyl (C=O) groups excluding carboxylic acids is 2. The monoisotopic (exact) mass is 355 g/mol. The van der Waals surface area contributed by atoms with Crippen LogP contribution in [0.3, 0.4) is 0 Å². The molecule has 2 aromatic rings. The van der Waals surface area contributed by atoms with Crippen LogP contribution in [-0.2, 0) is 4.79 Å². The highest BCUT2D eigenvalue weighted by Gasteiger charge is 2.37. The summed E-state index contributed by atoms with van der Waals surface area (Å²) < 4.78 is 2.05. The van der Waals surface area contributed by atoms with Crippen LogP contribution in [0.5, 0.6) is 0 Å². The van der Waals surface area contributed by atoms with Gasteiger partial charge in [0.25, 0.3) is 11.1 Å². The van der Waals surface area contributed by atoms with Crippen LogP contribution in [0.1, 0.15) is 37.2 Å². The van der Waals surface area contributed by atoms with Gasteiger partial charge in [0.05, 0.1) is 4.91 Å². The molecule has 25 heavy (non-hydrogen) atoms. The second kappa shape index (κ2) is 6.88. The highest BCUT2D eigenvalue weighted by molar-refractivity contribution is 8.18. The van der Waals surface area contributed by atoms with Crippen molar-refractivity contribution >= 4 is 29.0 Å². The van der Waals surface area contributed by atoms with Gasteiger partial charge in [-0.1, -0.05) is 13.0 Å². The third-order valence-electron chi connectivity index (χ3n) is 4.49. The molecular formula is C19H21N3O2S. The lowest BCUT2D eigenvalue weighted by Gasteiger charge is -2.19. The molecule has 3 rings (SSSR count). The number of pyridine rings is 1. The first-order valence-corrected chi connectivity index (χ1v) is 9.13. The molecule has 0 aromatic carbocycles. The lowest BCUT2D eigenvalue weighted by atomic mass is 10.2. The van der Waals surface area contributed by atoms with Crippen LogP contribution >= 0.6 is 11.8 Å². The number of thioether (sulfide) groups is 1. The minimum absolute atomic E-state index is 0.0839. The van der Waals surface area contributed by atoms with Gasteiger partial charge in [0.1, 0.15) is 5.82 Å². The summed E-state index contributed by atoms with van der Waals surface area (Å²) in [7, 11) is 0. The highest BCUT2D eigenvalue weighted by Crippen LogP contribution is 2.35. The number of hydrogen-bond acceptors (Lipinski definition) is 4. The minimum atomic E-state index is -0.202. The highest BCUT2D eigenvalue weighted by atomic mass is 32.2. The topological polar surface area (TPSA) is 55.2 Å². The largest absolute Gasteiger partial charge is 0.303 e. The van der Waals surface area contributed by atoms with E-state index in [1.165, 1.54) is 4.90 Å². The van der Waals surface area contributed by atoms with E-state index in [0.717, 1.165) is 41.0 Å². The lowest BCUT2D eigenvalue weighted by Crippen LogP contribution is -2.36. The van der Waals surface area contributed by atoms with Crippen LogP contribution in [0.25, 0.3) is 11.9 Å². The van der Waals surface area contributed by atoms with Gasteiger partial charge in [0, 0.05) is 23.6 Å². The molecule has 5 nitrogen and oxygen atoms in total. The number of aromatic nitrogens is 2. The zero-order valence-electron chi connectivity index (χ0n) is 14.8. The predicted molar refractivity (Wildman–Crippen MR) is 101 cm³/mol. The van der Waals surface area contributed by atoms with Gasteiger partial charge in [-0.2, -0.15) is 0 Å². The van der Waals surface area contributed by atoms with Gasteiger partial charge in [-0.3, -0.25) is 14.5 Å². The lowest BCUT2D eigenvalue weighted by molar-refractivity contribution is -0.124. The third kappa shape index (κ3) is 3.14. The smallest absolute Gasteiger partial charge is 0.293 e. The van der Waals surface area contributed by atoms with Gasteiger partial charge in [-0.25, -0.2) is 4.98 Å². The second-order valence-electron chi connectivity index (χ2n) is 6.16. The molecule has 1 unspecified atom stereocenters. The van der Waals surface area contributed by atoms with Gasteiger partial charge in [-0.15, -0.1) is 0 Å². The van der Waals surface area contributed by atoms with Crippen molar-refractivity contribution in [2.24, 2.45) is 0 Å². The Labute approximate surface area is 151 Å². The second-order valence-corrected chi connectivity index (χ2v) is 7.15. The van der Waals surface area contributed by atoms with Crippen molar-refractivity contribution in [3.05, 3.63) is 52.3 Å². The average Bonchev–Trinajstić information content (AvgIpc) is 3.03. The van der Waals surface area contributed by atoms with Crippen LogP contribution < -0.4 is 0 Å². The Kier molecular flexibility index (Phi) is 4.81. The average molecular weight is 355 g/mol. The standard InChI is InChI=1S/C19H21N3O2S/c1-5-12(2)22-18(23)16(25-19(22)24)11-15-10-13(3)21(14(15)4)17-8-6-7-9-20-17/h6-12H,5H2,1-4H3/b16-11+. The minimum Gasteiger partial charge on any atom is -0.303 e. The molecule has 3 heterocycles. The van der Waals surface area contributed by atoms with Crippen molar-refractivity contribution < 1.29 is 9.59 Å². The van der Waals surface area contributed by atoms with E-state index in [0.29, 0.717) is 4.91 Å². The molecule has 2 amide bonds. The first kappa shape index (κ1) is 17.5. The van der Waals surface area contributed by atoms with Crippen LogP contribution in [0.15, 0.2) is 35.4 Å². The number of nitrogens with zero attached hydrogens (tertiary/aromatic N) is 3. The van der Waals surface area contributed by atoms with Gasteiger partial charge < -0.3 is 4.57 Å². The van der Waals surface area contributed by atoms with E-state index >= 15 is 0 Å². The maximum atomic E-state index is 12.6. The summed E-state index contributed by atoms with van der Waals surface area (Å²) in [5.41, 5.74) is 2.95. The van der Waals surface area contributed by atoms with E-state index in [1.807, 2.05) is 62.6 Å². The Morgan fingerprint density at radius 1 is 1.28 bits per heavy atom. The van der Waals surface area contributed by atoms with Crippen molar-refractivity contribution in [3.8, 4) is 5.82 Å². The number of rotatable bonds is 4. The van der Waals surface area contributed by atoms with E-state index in [1.54, 1.807) is 6.20 Å². The Morgan fingerprint density at radius 2 is 2.04 bits per heavy atom. The van der Waals surface area contributed by atoms with Gasteiger partial charge in [0.2, 0.25) is 0 Å². The van der Waals surface area contributed by atoms with Crippen molar-refractivity contribution in [2.45, 2.75) is 40.2 Å². The zero-order chi connectivity index (χ0) is 18.1. The van der Waals surface area contributed by atoms with Crippen molar-refractivity contribution in [1.29, 1.82) is 0 Å². The van der Waals surface area contributed by atoms with E-state index in [4.69, 9.17) is 0 Å². The summed E-state index contributed by atoms with van der Waals surface area (Å²) >= 11 is 1.01. The first-order chi connectivity index (χ1) is 11.9. The molecule has 1 aliphatic rings.